The molecule has 2 saturated carbocycles. The highest BCUT2D eigenvalue weighted by Gasteiger charge is 2.31. The first-order valence-corrected chi connectivity index (χ1v) is 5.38. The molecule has 2 unspecified atom stereocenters. The van der Waals surface area contributed by atoms with E-state index in [9.17, 15) is 0 Å². The Morgan fingerprint density at radius 3 is 2.09 bits per heavy atom. The Labute approximate surface area is 70.4 Å². The lowest BCUT2D eigenvalue weighted by Crippen LogP contribution is -2.13. The summed E-state index contributed by atoms with van der Waals surface area (Å²) in [5.74, 6) is 3.31. The average Bonchev–Trinajstić information content (AvgIpc) is 2.55. The van der Waals surface area contributed by atoms with E-state index in [0.29, 0.717) is 0 Å². The normalized spacial score (nSPS) is 40.1. The molecule has 0 amide bonds. The van der Waals surface area contributed by atoms with Gasteiger partial charge in [0.25, 0.3) is 0 Å². The SMILES string of the molecule is CC1CCCC1C1CCCC1. The summed E-state index contributed by atoms with van der Waals surface area (Å²) in [7, 11) is 0. The Kier molecular flexibility index (Phi) is 2.20. The molecule has 0 saturated heterocycles. The lowest BCUT2D eigenvalue weighted by molar-refractivity contribution is 0.280. The van der Waals surface area contributed by atoms with Gasteiger partial charge in [0.05, 0.1) is 0 Å². The number of rotatable bonds is 1. The van der Waals surface area contributed by atoms with Gasteiger partial charge in [-0.15, -0.1) is 0 Å². The van der Waals surface area contributed by atoms with Crippen molar-refractivity contribution < 1.29 is 0 Å². The summed E-state index contributed by atoms with van der Waals surface area (Å²) in [5.41, 5.74) is 0. The first-order valence-electron chi connectivity index (χ1n) is 5.38. The van der Waals surface area contributed by atoms with Gasteiger partial charge < -0.3 is 0 Å². The van der Waals surface area contributed by atoms with E-state index in [1.165, 1.54) is 25.7 Å². The van der Waals surface area contributed by atoms with Crippen molar-refractivity contribution in [2.24, 2.45) is 17.8 Å². The third kappa shape index (κ3) is 1.45. The molecular weight excluding hydrogens is 132 g/mol. The molecule has 2 aliphatic rings. The van der Waals surface area contributed by atoms with Gasteiger partial charge in [-0.1, -0.05) is 45.4 Å². The highest BCUT2D eigenvalue weighted by Crippen LogP contribution is 2.43. The van der Waals surface area contributed by atoms with E-state index in [4.69, 9.17) is 0 Å². The molecular formula is C11H20. The largest absolute Gasteiger partial charge is 0.0622 e. The van der Waals surface area contributed by atoms with E-state index in [-0.39, 0.29) is 0 Å². The van der Waals surface area contributed by atoms with E-state index in [0.717, 1.165) is 17.8 Å². The van der Waals surface area contributed by atoms with Crippen LogP contribution in [0.5, 0.6) is 0 Å². The van der Waals surface area contributed by atoms with Crippen LogP contribution in [0.2, 0.25) is 0 Å². The van der Waals surface area contributed by atoms with Gasteiger partial charge in [0, 0.05) is 0 Å². The van der Waals surface area contributed by atoms with Crippen molar-refractivity contribution in [3.8, 4) is 0 Å². The zero-order valence-electron chi connectivity index (χ0n) is 7.68. The molecule has 0 aliphatic heterocycles. The summed E-state index contributed by atoms with van der Waals surface area (Å²) in [4.78, 5) is 0. The van der Waals surface area contributed by atoms with Gasteiger partial charge in [-0.3, -0.25) is 0 Å². The number of hydrogen-bond acceptors (Lipinski definition) is 0. The van der Waals surface area contributed by atoms with Gasteiger partial charge in [0.15, 0.2) is 0 Å². The predicted octanol–water partition coefficient (Wildman–Crippen LogP) is 3.61. The fourth-order valence-corrected chi connectivity index (χ4v) is 3.26. The van der Waals surface area contributed by atoms with Gasteiger partial charge >= 0.3 is 0 Å². The molecule has 64 valence electrons. The standard InChI is InChI=1S/C11H20/c1-9-5-4-8-11(9)10-6-2-3-7-10/h9-11H,2-8H2,1H3. The molecule has 0 nitrogen and oxygen atoms in total. The van der Waals surface area contributed by atoms with Gasteiger partial charge in [-0.25, -0.2) is 0 Å². The van der Waals surface area contributed by atoms with E-state index in [1.54, 1.807) is 19.3 Å². The smallest absolute Gasteiger partial charge is 0.0360 e. The highest BCUT2D eigenvalue weighted by molar-refractivity contribution is 4.82. The predicted molar refractivity (Wildman–Crippen MR) is 48.5 cm³/mol. The first kappa shape index (κ1) is 7.64. The van der Waals surface area contributed by atoms with Crippen LogP contribution in [0.1, 0.15) is 51.9 Å². The topological polar surface area (TPSA) is 0 Å². The van der Waals surface area contributed by atoms with Crippen molar-refractivity contribution in [1.29, 1.82) is 0 Å². The van der Waals surface area contributed by atoms with Crippen LogP contribution in [-0.2, 0) is 0 Å². The fourth-order valence-electron chi connectivity index (χ4n) is 3.26. The van der Waals surface area contributed by atoms with Crippen molar-refractivity contribution in [2.45, 2.75) is 51.9 Å². The van der Waals surface area contributed by atoms with Gasteiger partial charge in [-0.05, 0) is 24.2 Å². The molecule has 0 spiro atoms. The van der Waals surface area contributed by atoms with Crippen molar-refractivity contribution >= 4 is 0 Å². The minimum Gasteiger partial charge on any atom is -0.0622 e. The van der Waals surface area contributed by atoms with E-state index < -0.39 is 0 Å². The molecule has 2 fully saturated rings. The molecule has 0 radical (unpaired) electrons. The summed E-state index contributed by atoms with van der Waals surface area (Å²) in [5, 5.41) is 0. The first-order chi connectivity index (χ1) is 5.38. The van der Waals surface area contributed by atoms with E-state index in [1.807, 2.05) is 0 Å². The molecule has 0 heteroatoms. The fraction of sp³-hybridized carbons (Fsp3) is 1.00. The Morgan fingerprint density at radius 1 is 0.818 bits per heavy atom. The monoisotopic (exact) mass is 152 g/mol. The van der Waals surface area contributed by atoms with Crippen LogP contribution in [0.15, 0.2) is 0 Å². The Balaban J connectivity index is 1.92. The quantitative estimate of drug-likeness (QED) is 0.538. The van der Waals surface area contributed by atoms with Crippen molar-refractivity contribution in [2.75, 3.05) is 0 Å². The zero-order valence-corrected chi connectivity index (χ0v) is 7.68. The van der Waals surface area contributed by atoms with Gasteiger partial charge in [0.1, 0.15) is 0 Å². The molecule has 2 aliphatic carbocycles. The maximum absolute atomic E-state index is 2.47. The summed E-state index contributed by atoms with van der Waals surface area (Å²) in [6, 6.07) is 0. The Hall–Kier alpha value is 0. The van der Waals surface area contributed by atoms with Crippen molar-refractivity contribution in [3.05, 3.63) is 0 Å². The minimum absolute atomic E-state index is 1.05. The van der Waals surface area contributed by atoms with Crippen LogP contribution in [0.4, 0.5) is 0 Å². The average molecular weight is 152 g/mol. The molecule has 0 aromatic carbocycles. The van der Waals surface area contributed by atoms with Crippen LogP contribution >= 0.6 is 0 Å². The lowest BCUT2D eigenvalue weighted by atomic mass is 9.84. The molecule has 0 aromatic heterocycles. The summed E-state index contributed by atoms with van der Waals surface area (Å²) < 4.78 is 0. The maximum atomic E-state index is 2.47. The van der Waals surface area contributed by atoms with Crippen LogP contribution in [-0.4, -0.2) is 0 Å². The van der Waals surface area contributed by atoms with Crippen LogP contribution in [0.3, 0.4) is 0 Å². The second kappa shape index (κ2) is 3.16. The van der Waals surface area contributed by atoms with Crippen LogP contribution in [0, 0.1) is 17.8 Å². The highest BCUT2D eigenvalue weighted by atomic mass is 14.4. The van der Waals surface area contributed by atoms with Gasteiger partial charge in [0.2, 0.25) is 0 Å². The lowest BCUT2D eigenvalue weighted by Gasteiger charge is -2.22. The van der Waals surface area contributed by atoms with Crippen LogP contribution in [0.25, 0.3) is 0 Å². The van der Waals surface area contributed by atoms with E-state index in [2.05, 4.69) is 6.92 Å². The van der Waals surface area contributed by atoms with Crippen LogP contribution < -0.4 is 0 Å². The second-order valence-electron chi connectivity index (χ2n) is 4.62. The second-order valence-corrected chi connectivity index (χ2v) is 4.62. The molecule has 0 heterocycles. The molecule has 11 heavy (non-hydrogen) atoms. The molecule has 0 N–H and O–H groups in total. The third-order valence-corrected chi connectivity index (χ3v) is 3.93. The maximum Gasteiger partial charge on any atom is -0.0360 e. The summed E-state index contributed by atoms with van der Waals surface area (Å²) in [6.07, 6.45) is 10.7. The summed E-state index contributed by atoms with van der Waals surface area (Å²) >= 11 is 0. The van der Waals surface area contributed by atoms with Gasteiger partial charge in [-0.2, -0.15) is 0 Å². The molecule has 2 rings (SSSR count). The Bertz CT molecular complexity index is 122. The zero-order chi connectivity index (χ0) is 7.68. The Morgan fingerprint density at radius 2 is 1.55 bits per heavy atom. The van der Waals surface area contributed by atoms with Crippen molar-refractivity contribution in [1.82, 2.24) is 0 Å². The van der Waals surface area contributed by atoms with E-state index >= 15 is 0 Å². The number of hydrogen-bond donors (Lipinski definition) is 0. The molecule has 0 aromatic rings. The molecule has 2 atom stereocenters. The minimum atomic E-state index is 1.05. The molecule has 0 bridgehead atoms. The summed E-state index contributed by atoms with van der Waals surface area (Å²) in [6.45, 7) is 2.47. The van der Waals surface area contributed by atoms with Crippen molar-refractivity contribution in [3.63, 3.8) is 0 Å². The third-order valence-electron chi connectivity index (χ3n) is 3.93.